The van der Waals surface area contributed by atoms with Crippen LogP contribution in [0.1, 0.15) is 18.9 Å². The van der Waals surface area contributed by atoms with Crippen LogP contribution in [-0.4, -0.2) is 41.0 Å². The van der Waals surface area contributed by atoms with Gasteiger partial charge in [0.2, 0.25) is 5.91 Å². The number of anilines is 1. The van der Waals surface area contributed by atoms with Gasteiger partial charge in [-0.1, -0.05) is 6.92 Å². The molecule has 0 spiro atoms. The van der Waals surface area contributed by atoms with Crippen molar-refractivity contribution in [3.05, 3.63) is 72.9 Å². The summed E-state index contributed by atoms with van der Waals surface area (Å²) in [4.78, 5) is 33.2. The Morgan fingerprint density at radius 1 is 0.944 bits per heavy atom. The quantitative estimate of drug-likeness (QED) is 0.312. The van der Waals surface area contributed by atoms with E-state index in [0.29, 0.717) is 17.9 Å². The van der Waals surface area contributed by atoms with Gasteiger partial charge in [0.1, 0.15) is 11.2 Å². The van der Waals surface area contributed by atoms with Gasteiger partial charge in [0.05, 0.1) is 28.6 Å². The van der Waals surface area contributed by atoms with Crippen molar-refractivity contribution >= 4 is 33.5 Å². The maximum absolute atomic E-state index is 11.8. The lowest BCUT2D eigenvalue weighted by atomic mass is 10.0. The van der Waals surface area contributed by atoms with Gasteiger partial charge in [-0.25, -0.2) is 4.98 Å². The minimum atomic E-state index is -0.0526. The molecule has 0 saturated heterocycles. The predicted octanol–water partition coefficient (Wildman–Crippen LogP) is 5.28. The molecule has 0 atom stereocenters. The van der Waals surface area contributed by atoms with E-state index in [1.807, 2.05) is 38.1 Å². The number of amides is 1. The van der Waals surface area contributed by atoms with E-state index < -0.39 is 0 Å². The molecule has 1 amide bonds. The number of rotatable bonds is 5. The molecule has 0 aliphatic rings. The lowest BCUT2D eigenvalue weighted by molar-refractivity contribution is -0.115. The van der Waals surface area contributed by atoms with Crippen molar-refractivity contribution in [1.29, 1.82) is 0 Å². The number of carbonyl (C=O) groups is 1. The standard InChI is InChI=1S/C27H22N8O/c1-3-22(36)31-19-11-18(13-29-14-19)17-10-15(2)23-20(12-17)25(35-34-23)27-32-21-6-9-30-24(26(21)33-27)16-4-7-28-8-5-16/h4-14H,3H2,1-2H3,(H,31,36)(H,32,33)(H,34,35). The van der Waals surface area contributed by atoms with Crippen LogP contribution in [0, 0.1) is 6.92 Å². The topological polar surface area (TPSA) is 125 Å². The van der Waals surface area contributed by atoms with Crippen molar-refractivity contribution in [2.24, 2.45) is 0 Å². The average molecular weight is 475 g/mol. The molecule has 0 unspecified atom stereocenters. The molecule has 0 radical (unpaired) electrons. The molecule has 6 rings (SSSR count). The van der Waals surface area contributed by atoms with E-state index in [4.69, 9.17) is 4.98 Å². The number of fused-ring (bicyclic) bond motifs is 2. The number of hydrogen-bond acceptors (Lipinski definition) is 6. The van der Waals surface area contributed by atoms with Gasteiger partial charge in [-0.15, -0.1) is 0 Å². The number of nitrogens with one attached hydrogen (secondary N) is 3. The normalized spacial score (nSPS) is 11.3. The van der Waals surface area contributed by atoms with Gasteiger partial charge in [0.25, 0.3) is 0 Å². The summed E-state index contributed by atoms with van der Waals surface area (Å²) in [5.41, 5.74) is 8.59. The summed E-state index contributed by atoms with van der Waals surface area (Å²) in [5.74, 6) is 0.623. The molecule has 0 aliphatic heterocycles. The second-order valence-corrected chi connectivity index (χ2v) is 8.53. The Labute approximate surface area is 206 Å². The number of hydrogen-bond donors (Lipinski definition) is 3. The monoisotopic (exact) mass is 474 g/mol. The van der Waals surface area contributed by atoms with Crippen molar-refractivity contribution in [3.63, 3.8) is 0 Å². The van der Waals surface area contributed by atoms with Gasteiger partial charge < -0.3 is 10.3 Å². The first-order chi connectivity index (χ1) is 17.6. The first kappa shape index (κ1) is 21.6. The molecule has 0 fully saturated rings. The second-order valence-electron chi connectivity index (χ2n) is 8.53. The molecule has 176 valence electrons. The third-order valence-electron chi connectivity index (χ3n) is 6.12. The summed E-state index contributed by atoms with van der Waals surface area (Å²) < 4.78 is 0. The van der Waals surface area contributed by atoms with Gasteiger partial charge in [0, 0.05) is 47.7 Å². The van der Waals surface area contributed by atoms with Crippen molar-refractivity contribution in [1.82, 2.24) is 35.1 Å². The number of pyridine rings is 3. The zero-order valence-electron chi connectivity index (χ0n) is 19.7. The SMILES string of the molecule is CCC(=O)Nc1cncc(-c2cc(C)c3n[nH]c(-c4nc5c(-c6ccncc6)nccc5[nH]4)c3c2)c1. The third kappa shape index (κ3) is 3.76. The molecular weight excluding hydrogens is 452 g/mol. The first-order valence-corrected chi connectivity index (χ1v) is 11.6. The molecule has 9 nitrogen and oxygen atoms in total. The van der Waals surface area contributed by atoms with Crippen LogP contribution in [0.15, 0.2) is 67.4 Å². The fourth-order valence-electron chi connectivity index (χ4n) is 4.33. The lowest BCUT2D eigenvalue weighted by Crippen LogP contribution is -2.09. The summed E-state index contributed by atoms with van der Waals surface area (Å²) >= 11 is 0. The third-order valence-corrected chi connectivity index (χ3v) is 6.12. The summed E-state index contributed by atoms with van der Waals surface area (Å²) in [6, 6.07) is 11.8. The van der Waals surface area contributed by atoms with Crippen LogP contribution in [0.3, 0.4) is 0 Å². The highest BCUT2D eigenvalue weighted by atomic mass is 16.1. The van der Waals surface area contributed by atoms with Crippen molar-refractivity contribution < 1.29 is 4.79 Å². The van der Waals surface area contributed by atoms with Gasteiger partial charge >= 0.3 is 0 Å². The van der Waals surface area contributed by atoms with E-state index in [9.17, 15) is 4.79 Å². The summed E-state index contributed by atoms with van der Waals surface area (Å²) in [7, 11) is 0. The molecule has 1 aromatic carbocycles. The molecule has 36 heavy (non-hydrogen) atoms. The number of aromatic nitrogens is 7. The van der Waals surface area contributed by atoms with E-state index in [2.05, 4.69) is 47.6 Å². The van der Waals surface area contributed by atoms with Crippen molar-refractivity contribution in [2.45, 2.75) is 20.3 Å². The highest BCUT2D eigenvalue weighted by molar-refractivity contribution is 5.99. The number of H-pyrrole nitrogens is 2. The summed E-state index contributed by atoms with van der Waals surface area (Å²) in [6.07, 6.45) is 9.10. The minimum Gasteiger partial charge on any atom is -0.337 e. The Morgan fingerprint density at radius 2 is 1.81 bits per heavy atom. The fourth-order valence-corrected chi connectivity index (χ4v) is 4.33. The van der Waals surface area contributed by atoms with Crippen LogP contribution in [0.25, 0.3) is 55.8 Å². The maximum Gasteiger partial charge on any atom is 0.224 e. The van der Waals surface area contributed by atoms with Crippen LogP contribution in [0.5, 0.6) is 0 Å². The molecule has 3 N–H and O–H groups in total. The summed E-state index contributed by atoms with van der Waals surface area (Å²) in [5, 5.41) is 11.5. The van der Waals surface area contributed by atoms with Crippen LogP contribution in [0.2, 0.25) is 0 Å². The Balaban J connectivity index is 1.46. The molecule has 6 aromatic rings. The highest BCUT2D eigenvalue weighted by Gasteiger charge is 2.17. The fraction of sp³-hybridized carbons (Fsp3) is 0.111. The molecule has 0 aliphatic carbocycles. The van der Waals surface area contributed by atoms with Crippen LogP contribution >= 0.6 is 0 Å². The highest BCUT2D eigenvalue weighted by Crippen LogP contribution is 2.34. The number of nitrogens with zero attached hydrogens (tertiary/aromatic N) is 5. The molecule has 5 aromatic heterocycles. The van der Waals surface area contributed by atoms with Crippen LogP contribution < -0.4 is 5.32 Å². The molecule has 9 heteroatoms. The Kier molecular flexibility index (Phi) is 5.22. The maximum atomic E-state index is 11.8. The predicted molar refractivity (Wildman–Crippen MR) is 139 cm³/mol. The van der Waals surface area contributed by atoms with E-state index in [-0.39, 0.29) is 5.91 Å². The van der Waals surface area contributed by atoms with Crippen molar-refractivity contribution in [2.75, 3.05) is 5.32 Å². The van der Waals surface area contributed by atoms with E-state index in [0.717, 1.165) is 55.6 Å². The van der Waals surface area contributed by atoms with Gasteiger partial charge in [-0.2, -0.15) is 5.10 Å². The zero-order valence-corrected chi connectivity index (χ0v) is 19.7. The van der Waals surface area contributed by atoms with E-state index in [1.165, 1.54) is 0 Å². The van der Waals surface area contributed by atoms with Crippen LogP contribution in [0.4, 0.5) is 5.69 Å². The first-order valence-electron chi connectivity index (χ1n) is 11.6. The number of aryl methyl sites for hydroxylation is 1. The van der Waals surface area contributed by atoms with E-state index in [1.54, 1.807) is 31.0 Å². The van der Waals surface area contributed by atoms with Gasteiger partial charge in [-0.05, 0) is 54.4 Å². The number of aromatic amines is 2. The van der Waals surface area contributed by atoms with E-state index >= 15 is 0 Å². The number of benzene rings is 1. The molecule has 0 bridgehead atoms. The Hall–Kier alpha value is -4.92. The zero-order chi connectivity index (χ0) is 24.6. The van der Waals surface area contributed by atoms with Crippen LogP contribution in [-0.2, 0) is 4.79 Å². The molecular formula is C27H22N8O. The molecule has 0 saturated carbocycles. The average Bonchev–Trinajstić information content (AvgIpc) is 3.53. The Bertz CT molecular complexity index is 1740. The summed E-state index contributed by atoms with van der Waals surface area (Å²) in [6.45, 7) is 3.84. The second kappa shape index (κ2) is 8.70. The van der Waals surface area contributed by atoms with Gasteiger partial charge in [0.15, 0.2) is 5.82 Å². The smallest absolute Gasteiger partial charge is 0.224 e. The number of carbonyl (C=O) groups excluding carboxylic acids is 1. The number of imidazole rings is 1. The lowest BCUT2D eigenvalue weighted by Gasteiger charge is -2.08. The largest absolute Gasteiger partial charge is 0.337 e. The minimum absolute atomic E-state index is 0.0526. The molecule has 5 heterocycles. The van der Waals surface area contributed by atoms with Gasteiger partial charge in [-0.3, -0.25) is 24.8 Å². The van der Waals surface area contributed by atoms with Crippen molar-refractivity contribution in [3.8, 4) is 33.9 Å². The Morgan fingerprint density at radius 3 is 2.64 bits per heavy atom.